The van der Waals surface area contributed by atoms with Crippen LogP contribution in [-0.2, 0) is 0 Å². The van der Waals surface area contributed by atoms with Crippen molar-refractivity contribution in [3.05, 3.63) is 28.8 Å². The van der Waals surface area contributed by atoms with E-state index < -0.39 is 0 Å². The van der Waals surface area contributed by atoms with Crippen molar-refractivity contribution in [2.45, 2.75) is 39.2 Å². The third-order valence-corrected chi connectivity index (χ3v) is 3.30. The van der Waals surface area contributed by atoms with E-state index in [2.05, 4.69) is 5.32 Å². The number of hydrogen-bond acceptors (Lipinski definition) is 3. The molecule has 3 heteroatoms. The van der Waals surface area contributed by atoms with Gasteiger partial charge in [-0.25, -0.2) is 0 Å². The molecular formula is C15H21NO2. The van der Waals surface area contributed by atoms with Gasteiger partial charge in [0.2, 0.25) is 0 Å². The van der Waals surface area contributed by atoms with Crippen LogP contribution in [0.2, 0.25) is 0 Å². The summed E-state index contributed by atoms with van der Waals surface area (Å²) >= 11 is 0. The van der Waals surface area contributed by atoms with Crippen LogP contribution in [0.4, 0.5) is 0 Å². The van der Waals surface area contributed by atoms with E-state index >= 15 is 0 Å². The molecule has 1 aromatic carbocycles. The molecule has 1 aliphatic carbocycles. The molecule has 1 aliphatic rings. The zero-order chi connectivity index (χ0) is 13.1. The van der Waals surface area contributed by atoms with E-state index in [1.165, 1.54) is 12.8 Å². The van der Waals surface area contributed by atoms with Crippen molar-refractivity contribution in [1.82, 2.24) is 5.32 Å². The van der Waals surface area contributed by atoms with E-state index in [1.54, 1.807) is 7.11 Å². The van der Waals surface area contributed by atoms with Crippen LogP contribution in [0.1, 0.15) is 40.7 Å². The summed E-state index contributed by atoms with van der Waals surface area (Å²) in [5.74, 6) is 0.862. The van der Waals surface area contributed by atoms with Gasteiger partial charge >= 0.3 is 0 Å². The Kier molecular flexibility index (Phi) is 4.02. The van der Waals surface area contributed by atoms with E-state index in [0.717, 1.165) is 23.2 Å². The summed E-state index contributed by atoms with van der Waals surface area (Å²) in [6.07, 6.45) is 3.04. The van der Waals surface area contributed by atoms with Crippen LogP contribution >= 0.6 is 0 Å². The van der Waals surface area contributed by atoms with Gasteiger partial charge in [-0.05, 0) is 43.9 Å². The molecule has 0 aromatic heterocycles. The molecule has 0 amide bonds. The topological polar surface area (TPSA) is 38.3 Å². The predicted octanol–water partition coefficient (Wildman–Crippen LogP) is 2.64. The smallest absolute Gasteiger partial charge is 0.168 e. The normalized spacial score (nSPS) is 14.6. The minimum Gasteiger partial charge on any atom is -0.496 e. The standard InChI is InChI=1S/C15H21NO2/c1-10-8-11(2)15(14(9-10)18-3)13(17)6-7-16-12-4-5-12/h8-9,12,16H,4-7H2,1-3H3. The minimum absolute atomic E-state index is 0.164. The lowest BCUT2D eigenvalue weighted by Crippen LogP contribution is -2.20. The first-order valence-electron chi connectivity index (χ1n) is 6.53. The van der Waals surface area contributed by atoms with Gasteiger partial charge in [-0.2, -0.15) is 0 Å². The first-order valence-corrected chi connectivity index (χ1v) is 6.53. The summed E-state index contributed by atoms with van der Waals surface area (Å²) in [6.45, 7) is 4.75. The number of hydrogen-bond donors (Lipinski definition) is 1. The molecule has 1 aromatic rings. The molecule has 1 fully saturated rings. The van der Waals surface area contributed by atoms with Crippen molar-refractivity contribution in [3.8, 4) is 5.75 Å². The fraction of sp³-hybridized carbons (Fsp3) is 0.533. The predicted molar refractivity (Wildman–Crippen MR) is 72.4 cm³/mol. The second kappa shape index (κ2) is 5.53. The molecule has 18 heavy (non-hydrogen) atoms. The number of ether oxygens (including phenoxy) is 1. The Morgan fingerprint density at radius 1 is 1.39 bits per heavy atom. The van der Waals surface area contributed by atoms with Gasteiger partial charge in [0.15, 0.2) is 5.78 Å². The molecule has 0 bridgehead atoms. The lowest BCUT2D eigenvalue weighted by atomic mass is 9.99. The molecule has 98 valence electrons. The average molecular weight is 247 g/mol. The van der Waals surface area contributed by atoms with Gasteiger partial charge in [0.05, 0.1) is 12.7 Å². The van der Waals surface area contributed by atoms with E-state index in [1.807, 2.05) is 26.0 Å². The maximum atomic E-state index is 12.2. The number of rotatable bonds is 6. The van der Waals surface area contributed by atoms with Gasteiger partial charge in [0.25, 0.3) is 0 Å². The van der Waals surface area contributed by atoms with Crippen LogP contribution in [0.5, 0.6) is 5.75 Å². The van der Waals surface area contributed by atoms with Gasteiger partial charge in [-0.3, -0.25) is 4.79 Å². The zero-order valence-electron chi connectivity index (χ0n) is 11.4. The first kappa shape index (κ1) is 13.1. The van der Waals surface area contributed by atoms with Crippen molar-refractivity contribution >= 4 is 5.78 Å². The highest BCUT2D eigenvalue weighted by Gasteiger charge is 2.21. The minimum atomic E-state index is 0.164. The number of methoxy groups -OCH3 is 1. The Balaban J connectivity index is 2.07. The number of aryl methyl sites for hydroxylation is 2. The monoisotopic (exact) mass is 247 g/mol. The van der Waals surface area contributed by atoms with Crippen molar-refractivity contribution in [3.63, 3.8) is 0 Å². The van der Waals surface area contributed by atoms with Crippen LogP contribution in [0.15, 0.2) is 12.1 Å². The summed E-state index contributed by atoms with van der Waals surface area (Å²) in [7, 11) is 1.62. The fourth-order valence-electron chi connectivity index (χ4n) is 2.25. The number of carbonyl (C=O) groups excluding carboxylic acids is 1. The van der Waals surface area contributed by atoms with Crippen LogP contribution in [0.25, 0.3) is 0 Å². The maximum Gasteiger partial charge on any atom is 0.168 e. The molecular weight excluding hydrogens is 226 g/mol. The SMILES string of the molecule is COc1cc(C)cc(C)c1C(=O)CCNC1CC1. The Morgan fingerprint density at radius 2 is 2.11 bits per heavy atom. The molecule has 0 spiro atoms. The number of Topliss-reactive ketones (excluding diaryl/α,β-unsaturated/α-hetero) is 1. The van der Waals surface area contributed by atoms with E-state index in [0.29, 0.717) is 18.2 Å². The van der Waals surface area contributed by atoms with Gasteiger partial charge in [0.1, 0.15) is 5.75 Å². The fourth-order valence-corrected chi connectivity index (χ4v) is 2.25. The van der Waals surface area contributed by atoms with Crippen LogP contribution in [0, 0.1) is 13.8 Å². The lowest BCUT2D eigenvalue weighted by molar-refractivity contribution is 0.0979. The van der Waals surface area contributed by atoms with Gasteiger partial charge in [0, 0.05) is 19.0 Å². The van der Waals surface area contributed by atoms with E-state index in [-0.39, 0.29) is 5.78 Å². The molecule has 0 unspecified atom stereocenters. The van der Waals surface area contributed by atoms with Gasteiger partial charge in [-0.1, -0.05) is 6.07 Å². The summed E-state index contributed by atoms with van der Waals surface area (Å²) in [5, 5.41) is 3.36. The quantitative estimate of drug-likeness (QED) is 0.785. The summed E-state index contributed by atoms with van der Waals surface area (Å²) < 4.78 is 5.33. The molecule has 1 saturated carbocycles. The van der Waals surface area contributed by atoms with Crippen molar-refractivity contribution in [2.75, 3.05) is 13.7 Å². The maximum absolute atomic E-state index is 12.2. The molecule has 0 heterocycles. The lowest BCUT2D eigenvalue weighted by Gasteiger charge is -2.12. The second-order valence-electron chi connectivity index (χ2n) is 5.06. The molecule has 2 rings (SSSR count). The Bertz CT molecular complexity index is 450. The number of benzene rings is 1. The first-order chi connectivity index (χ1) is 8.61. The van der Waals surface area contributed by atoms with Gasteiger partial charge in [-0.15, -0.1) is 0 Å². The van der Waals surface area contributed by atoms with Crippen LogP contribution < -0.4 is 10.1 Å². The Hall–Kier alpha value is -1.35. The average Bonchev–Trinajstić information content (AvgIpc) is 3.11. The number of nitrogens with one attached hydrogen (secondary N) is 1. The molecule has 1 N–H and O–H groups in total. The van der Waals surface area contributed by atoms with E-state index in [4.69, 9.17) is 4.74 Å². The summed E-state index contributed by atoms with van der Waals surface area (Å²) in [5.41, 5.74) is 2.86. The second-order valence-corrected chi connectivity index (χ2v) is 5.06. The van der Waals surface area contributed by atoms with Crippen molar-refractivity contribution in [1.29, 1.82) is 0 Å². The molecule has 3 nitrogen and oxygen atoms in total. The molecule has 0 aliphatic heterocycles. The van der Waals surface area contributed by atoms with Crippen LogP contribution in [-0.4, -0.2) is 25.5 Å². The molecule has 0 radical (unpaired) electrons. The number of ketones is 1. The Labute approximate surface area is 109 Å². The number of carbonyl (C=O) groups is 1. The zero-order valence-corrected chi connectivity index (χ0v) is 11.4. The Morgan fingerprint density at radius 3 is 2.72 bits per heavy atom. The molecule has 0 saturated heterocycles. The summed E-state index contributed by atoms with van der Waals surface area (Å²) in [4.78, 5) is 12.2. The highest BCUT2D eigenvalue weighted by molar-refractivity contribution is 6.00. The van der Waals surface area contributed by atoms with Crippen LogP contribution in [0.3, 0.4) is 0 Å². The van der Waals surface area contributed by atoms with Gasteiger partial charge < -0.3 is 10.1 Å². The highest BCUT2D eigenvalue weighted by Crippen LogP contribution is 2.25. The third-order valence-electron chi connectivity index (χ3n) is 3.30. The van der Waals surface area contributed by atoms with Crippen molar-refractivity contribution < 1.29 is 9.53 Å². The third kappa shape index (κ3) is 3.10. The highest BCUT2D eigenvalue weighted by atomic mass is 16.5. The summed E-state index contributed by atoms with van der Waals surface area (Å²) in [6, 6.07) is 4.61. The van der Waals surface area contributed by atoms with Crippen molar-refractivity contribution in [2.24, 2.45) is 0 Å². The van der Waals surface area contributed by atoms with E-state index in [9.17, 15) is 4.79 Å². The largest absolute Gasteiger partial charge is 0.496 e. The molecule has 0 atom stereocenters.